The van der Waals surface area contributed by atoms with E-state index in [0.29, 0.717) is 22.0 Å². The molecule has 3 rings (SSSR count). The number of aromatic nitrogens is 3. The Hall–Kier alpha value is -3.19. The van der Waals surface area contributed by atoms with Gasteiger partial charge in [0.25, 0.3) is 5.56 Å². The van der Waals surface area contributed by atoms with Crippen LogP contribution in [0.2, 0.25) is 5.02 Å². The number of nitrogens with one attached hydrogen (secondary N) is 1. The molecule has 1 N–H and O–H groups in total. The Morgan fingerprint density at radius 3 is 2.70 bits per heavy atom. The Bertz CT molecular complexity index is 1050. The molecule has 3 aromatic rings. The van der Waals surface area contributed by atoms with Crippen molar-refractivity contribution in [2.45, 2.75) is 13.5 Å². The van der Waals surface area contributed by atoms with Crippen LogP contribution in [0.4, 0.5) is 5.69 Å². The number of halogens is 1. The van der Waals surface area contributed by atoms with Gasteiger partial charge in [-0.1, -0.05) is 35.9 Å². The molecular weight excluding hydrogens is 368 g/mol. The van der Waals surface area contributed by atoms with Crippen molar-refractivity contribution in [3.05, 3.63) is 69.6 Å². The van der Waals surface area contributed by atoms with Crippen molar-refractivity contribution in [2.75, 3.05) is 12.4 Å². The Labute approximate surface area is 160 Å². The van der Waals surface area contributed by atoms with E-state index in [1.165, 1.54) is 11.7 Å². The summed E-state index contributed by atoms with van der Waals surface area (Å²) in [5.74, 6) is 0.401. The number of para-hydroxylation sites is 2. The van der Waals surface area contributed by atoms with Gasteiger partial charge in [-0.05, 0) is 31.2 Å². The van der Waals surface area contributed by atoms with E-state index in [1.807, 2.05) is 0 Å². The lowest BCUT2D eigenvalue weighted by Gasteiger charge is -2.13. The zero-order chi connectivity index (χ0) is 19.4. The molecule has 0 spiro atoms. The summed E-state index contributed by atoms with van der Waals surface area (Å²) < 4.78 is 6.50. The van der Waals surface area contributed by atoms with E-state index >= 15 is 0 Å². The van der Waals surface area contributed by atoms with Crippen LogP contribution in [0.1, 0.15) is 5.69 Å². The van der Waals surface area contributed by atoms with Crippen molar-refractivity contribution in [3.8, 4) is 17.1 Å². The third-order valence-electron chi connectivity index (χ3n) is 3.87. The molecule has 0 aliphatic carbocycles. The van der Waals surface area contributed by atoms with E-state index in [0.717, 1.165) is 0 Å². The summed E-state index contributed by atoms with van der Waals surface area (Å²) in [5, 5.41) is 11.2. The number of methoxy groups -OCH3 is 1. The van der Waals surface area contributed by atoms with Crippen molar-refractivity contribution in [3.63, 3.8) is 0 Å². The van der Waals surface area contributed by atoms with E-state index in [2.05, 4.69) is 15.5 Å². The maximum absolute atomic E-state index is 12.6. The second-order valence-electron chi connectivity index (χ2n) is 5.76. The lowest BCUT2D eigenvalue weighted by Crippen LogP contribution is -2.32. The largest absolute Gasteiger partial charge is 0.495 e. The molecular formula is C19H17ClN4O3. The molecule has 1 aromatic heterocycles. The highest BCUT2D eigenvalue weighted by atomic mass is 35.5. The zero-order valence-electron chi connectivity index (χ0n) is 14.8. The quantitative estimate of drug-likeness (QED) is 0.731. The molecule has 2 aromatic carbocycles. The highest BCUT2D eigenvalue weighted by molar-refractivity contribution is 6.30. The lowest BCUT2D eigenvalue weighted by atomic mass is 10.2. The molecule has 0 aliphatic heterocycles. The predicted molar refractivity (Wildman–Crippen MR) is 103 cm³/mol. The number of carbonyl (C=O) groups is 1. The minimum absolute atomic E-state index is 0.200. The summed E-state index contributed by atoms with van der Waals surface area (Å²) in [4.78, 5) is 25.1. The molecule has 8 heteroatoms. The van der Waals surface area contributed by atoms with E-state index in [4.69, 9.17) is 16.3 Å². The van der Waals surface area contributed by atoms with Crippen LogP contribution in [0, 0.1) is 6.92 Å². The maximum atomic E-state index is 12.6. The molecule has 0 saturated heterocycles. The lowest BCUT2D eigenvalue weighted by molar-refractivity contribution is -0.116. The van der Waals surface area contributed by atoms with E-state index in [-0.39, 0.29) is 18.1 Å². The van der Waals surface area contributed by atoms with Crippen molar-refractivity contribution in [1.29, 1.82) is 0 Å². The number of amides is 1. The Morgan fingerprint density at radius 1 is 1.19 bits per heavy atom. The van der Waals surface area contributed by atoms with Gasteiger partial charge in [-0.25, -0.2) is 0 Å². The van der Waals surface area contributed by atoms with Gasteiger partial charge in [0.1, 0.15) is 18.0 Å². The van der Waals surface area contributed by atoms with Crippen LogP contribution in [0.15, 0.2) is 53.3 Å². The van der Waals surface area contributed by atoms with Gasteiger partial charge in [0.2, 0.25) is 5.91 Å². The summed E-state index contributed by atoms with van der Waals surface area (Å²) in [5.41, 5.74) is 0.916. The van der Waals surface area contributed by atoms with Gasteiger partial charge in [0.05, 0.1) is 12.8 Å². The maximum Gasteiger partial charge on any atom is 0.275 e. The first-order valence-corrected chi connectivity index (χ1v) is 8.50. The van der Waals surface area contributed by atoms with Crippen LogP contribution in [-0.4, -0.2) is 27.8 Å². The summed E-state index contributed by atoms with van der Waals surface area (Å²) in [6.45, 7) is 1.32. The number of rotatable bonds is 5. The van der Waals surface area contributed by atoms with Gasteiger partial charge in [0.15, 0.2) is 5.82 Å². The summed E-state index contributed by atoms with van der Waals surface area (Å²) in [7, 11) is 1.52. The van der Waals surface area contributed by atoms with Crippen LogP contribution in [-0.2, 0) is 11.3 Å². The average Bonchev–Trinajstić information content (AvgIpc) is 2.66. The van der Waals surface area contributed by atoms with Crippen LogP contribution in [0.25, 0.3) is 11.4 Å². The standard InChI is InChI=1S/C19H17ClN4O3/c1-12-19(26)24(18(23-22-12)13-6-5-7-14(20)10-13)11-17(25)21-15-8-3-4-9-16(15)27-2/h3-10H,11H2,1-2H3,(H,21,25). The molecule has 7 nitrogen and oxygen atoms in total. The number of benzene rings is 2. The van der Waals surface area contributed by atoms with E-state index < -0.39 is 11.5 Å². The molecule has 27 heavy (non-hydrogen) atoms. The summed E-state index contributed by atoms with van der Waals surface area (Å²) >= 11 is 6.04. The molecule has 0 aliphatic rings. The normalized spacial score (nSPS) is 10.5. The smallest absolute Gasteiger partial charge is 0.275 e. The van der Waals surface area contributed by atoms with Gasteiger partial charge in [-0.3, -0.25) is 14.2 Å². The van der Waals surface area contributed by atoms with Crippen molar-refractivity contribution in [2.24, 2.45) is 0 Å². The molecule has 0 radical (unpaired) electrons. The number of ether oxygens (including phenoxy) is 1. The molecule has 138 valence electrons. The monoisotopic (exact) mass is 384 g/mol. The fraction of sp³-hybridized carbons (Fsp3) is 0.158. The highest BCUT2D eigenvalue weighted by Gasteiger charge is 2.16. The minimum atomic E-state index is -0.393. The topological polar surface area (TPSA) is 86.1 Å². The number of carbonyl (C=O) groups excluding carboxylic acids is 1. The molecule has 0 unspecified atom stereocenters. The van der Waals surface area contributed by atoms with E-state index in [9.17, 15) is 9.59 Å². The number of nitrogens with zero attached hydrogens (tertiary/aromatic N) is 3. The predicted octanol–water partition coefficient (Wildman–Crippen LogP) is 2.91. The third-order valence-corrected chi connectivity index (χ3v) is 4.11. The second-order valence-corrected chi connectivity index (χ2v) is 6.20. The van der Waals surface area contributed by atoms with Gasteiger partial charge < -0.3 is 10.1 Å². The summed E-state index contributed by atoms with van der Waals surface area (Å²) in [6, 6.07) is 13.9. The first-order chi connectivity index (χ1) is 13.0. The average molecular weight is 385 g/mol. The minimum Gasteiger partial charge on any atom is -0.495 e. The van der Waals surface area contributed by atoms with Crippen molar-refractivity contribution >= 4 is 23.2 Å². The molecule has 1 heterocycles. The Balaban J connectivity index is 1.95. The van der Waals surface area contributed by atoms with Gasteiger partial charge in [0, 0.05) is 10.6 Å². The van der Waals surface area contributed by atoms with Gasteiger partial charge in [-0.15, -0.1) is 10.2 Å². The second kappa shape index (κ2) is 8.01. The molecule has 0 atom stereocenters. The SMILES string of the molecule is COc1ccccc1NC(=O)Cn1c(-c2cccc(Cl)c2)nnc(C)c1=O. The molecule has 0 bridgehead atoms. The Morgan fingerprint density at radius 2 is 1.96 bits per heavy atom. The third kappa shape index (κ3) is 4.15. The van der Waals surface area contributed by atoms with E-state index in [1.54, 1.807) is 55.5 Å². The first kappa shape index (κ1) is 18.6. The molecule has 1 amide bonds. The fourth-order valence-electron chi connectivity index (χ4n) is 2.58. The number of hydrogen-bond acceptors (Lipinski definition) is 5. The summed E-state index contributed by atoms with van der Waals surface area (Å²) in [6.07, 6.45) is 0. The van der Waals surface area contributed by atoms with Crippen molar-refractivity contribution in [1.82, 2.24) is 14.8 Å². The highest BCUT2D eigenvalue weighted by Crippen LogP contribution is 2.23. The van der Waals surface area contributed by atoms with Crippen molar-refractivity contribution < 1.29 is 9.53 Å². The zero-order valence-corrected chi connectivity index (χ0v) is 15.5. The number of hydrogen-bond donors (Lipinski definition) is 1. The van der Waals surface area contributed by atoms with Crippen LogP contribution < -0.4 is 15.6 Å². The number of anilines is 1. The molecule has 0 fully saturated rings. The molecule has 0 saturated carbocycles. The fourth-order valence-corrected chi connectivity index (χ4v) is 2.77. The van der Waals surface area contributed by atoms with Gasteiger partial charge >= 0.3 is 0 Å². The van der Waals surface area contributed by atoms with Crippen LogP contribution >= 0.6 is 11.6 Å². The van der Waals surface area contributed by atoms with Crippen LogP contribution in [0.3, 0.4) is 0 Å². The van der Waals surface area contributed by atoms with Crippen LogP contribution in [0.5, 0.6) is 5.75 Å². The first-order valence-electron chi connectivity index (χ1n) is 8.12. The Kier molecular flexibility index (Phi) is 5.52. The number of aryl methyl sites for hydroxylation is 1. The van der Waals surface area contributed by atoms with Gasteiger partial charge in [-0.2, -0.15) is 0 Å².